The molecule has 4 aromatic rings. The normalized spacial score (nSPS) is 11.3. The third-order valence-electron chi connectivity index (χ3n) is 5.75. The van der Waals surface area contributed by atoms with E-state index >= 15 is 0 Å². The number of nitrogens with one attached hydrogen (secondary N) is 1. The summed E-state index contributed by atoms with van der Waals surface area (Å²) in [4.78, 5) is 12.8. The molecule has 0 fully saturated rings. The fourth-order valence-electron chi connectivity index (χ4n) is 3.59. The van der Waals surface area contributed by atoms with E-state index in [9.17, 15) is 13.2 Å². The fourth-order valence-corrected chi connectivity index (χ4v) is 5.03. The Morgan fingerprint density at radius 3 is 2.08 bits per heavy atom. The van der Waals surface area contributed by atoms with Crippen LogP contribution in [-0.2, 0) is 21.4 Å². The molecule has 0 aliphatic carbocycles. The summed E-state index contributed by atoms with van der Waals surface area (Å²) in [5, 5.41) is 4.00. The summed E-state index contributed by atoms with van der Waals surface area (Å²) in [6.07, 6.45) is 1.49. The Hall–Kier alpha value is -4.43. The standard InChI is InChI=1S/C30H29N3O4S/c1-23-8-12-26(13-9-23)22-37-28-18-14-25(15-19-28)20-31-32-30(34)21-33(27-16-10-24(2)11-17-27)38(35,36)29-6-4-3-5-7-29/h3-20H,21-22H2,1-2H3,(H,32,34)/b31-20-. The largest absolute Gasteiger partial charge is 0.489 e. The quantitative estimate of drug-likeness (QED) is 0.226. The van der Waals surface area contributed by atoms with Gasteiger partial charge in [0, 0.05) is 0 Å². The lowest BCUT2D eigenvalue weighted by Crippen LogP contribution is -2.39. The lowest BCUT2D eigenvalue weighted by Gasteiger charge is -2.23. The van der Waals surface area contributed by atoms with Gasteiger partial charge in [0.1, 0.15) is 18.9 Å². The molecule has 38 heavy (non-hydrogen) atoms. The molecule has 4 aromatic carbocycles. The molecule has 0 bridgehead atoms. The summed E-state index contributed by atoms with van der Waals surface area (Å²) < 4.78 is 33.6. The monoisotopic (exact) mass is 527 g/mol. The van der Waals surface area contributed by atoms with E-state index < -0.39 is 22.5 Å². The molecule has 194 valence electrons. The number of rotatable bonds is 10. The zero-order chi connectivity index (χ0) is 27.0. The van der Waals surface area contributed by atoms with Gasteiger partial charge in [-0.15, -0.1) is 0 Å². The van der Waals surface area contributed by atoms with E-state index in [1.807, 2.05) is 62.4 Å². The van der Waals surface area contributed by atoms with Gasteiger partial charge in [0.25, 0.3) is 15.9 Å². The number of hydrazone groups is 1. The molecular formula is C30H29N3O4S. The number of aryl methyl sites for hydroxylation is 2. The molecule has 0 heterocycles. The average Bonchev–Trinajstić information content (AvgIpc) is 2.93. The lowest BCUT2D eigenvalue weighted by molar-refractivity contribution is -0.119. The predicted molar refractivity (Wildman–Crippen MR) is 150 cm³/mol. The molecule has 1 N–H and O–H groups in total. The molecule has 0 unspecified atom stereocenters. The molecule has 0 aliphatic heterocycles. The van der Waals surface area contributed by atoms with Crippen molar-refractivity contribution in [2.75, 3.05) is 10.8 Å². The summed E-state index contributed by atoms with van der Waals surface area (Å²) in [6, 6.07) is 30.4. The molecule has 0 saturated carbocycles. The van der Waals surface area contributed by atoms with Crippen LogP contribution in [-0.4, -0.2) is 27.1 Å². The van der Waals surface area contributed by atoms with Crippen molar-refractivity contribution in [2.24, 2.45) is 5.10 Å². The van der Waals surface area contributed by atoms with E-state index in [0.717, 1.165) is 21.0 Å². The fraction of sp³-hybridized carbons (Fsp3) is 0.133. The van der Waals surface area contributed by atoms with Crippen LogP contribution in [0.3, 0.4) is 0 Å². The zero-order valence-corrected chi connectivity index (χ0v) is 22.1. The molecule has 7 nitrogen and oxygen atoms in total. The highest BCUT2D eigenvalue weighted by Gasteiger charge is 2.27. The molecule has 4 rings (SSSR count). The Labute approximate surface area is 223 Å². The van der Waals surface area contributed by atoms with Crippen LogP contribution >= 0.6 is 0 Å². The topological polar surface area (TPSA) is 88.1 Å². The highest BCUT2D eigenvalue weighted by Crippen LogP contribution is 2.24. The third kappa shape index (κ3) is 7.08. The molecule has 0 aliphatic rings. The summed E-state index contributed by atoms with van der Waals surface area (Å²) >= 11 is 0. The van der Waals surface area contributed by atoms with Crippen molar-refractivity contribution >= 4 is 27.8 Å². The first kappa shape index (κ1) is 26.6. The molecule has 0 radical (unpaired) electrons. The number of anilines is 1. The van der Waals surface area contributed by atoms with Crippen molar-refractivity contribution < 1.29 is 17.9 Å². The number of carbonyl (C=O) groups is 1. The molecule has 0 spiro atoms. The minimum absolute atomic E-state index is 0.0987. The highest BCUT2D eigenvalue weighted by molar-refractivity contribution is 7.92. The van der Waals surface area contributed by atoms with E-state index in [-0.39, 0.29) is 4.90 Å². The van der Waals surface area contributed by atoms with Crippen LogP contribution in [0.1, 0.15) is 22.3 Å². The second kappa shape index (κ2) is 12.2. The van der Waals surface area contributed by atoms with Gasteiger partial charge in [0.2, 0.25) is 0 Å². The maximum absolute atomic E-state index is 13.3. The SMILES string of the molecule is Cc1ccc(COc2ccc(/C=N\NC(=O)CN(c3ccc(C)cc3)S(=O)(=O)c3ccccc3)cc2)cc1. The summed E-state index contributed by atoms with van der Waals surface area (Å²) in [5.41, 5.74) is 6.82. The van der Waals surface area contributed by atoms with Crippen LogP contribution in [0.4, 0.5) is 5.69 Å². The number of ether oxygens (including phenoxy) is 1. The average molecular weight is 528 g/mol. The van der Waals surface area contributed by atoms with E-state index in [1.165, 1.54) is 23.9 Å². The zero-order valence-electron chi connectivity index (χ0n) is 21.2. The van der Waals surface area contributed by atoms with Crippen LogP contribution in [0, 0.1) is 13.8 Å². The molecule has 0 saturated heterocycles. The Morgan fingerprint density at radius 2 is 1.45 bits per heavy atom. The van der Waals surface area contributed by atoms with Crippen molar-refractivity contribution in [1.29, 1.82) is 0 Å². The highest BCUT2D eigenvalue weighted by atomic mass is 32.2. The Kier molecular flexibility index (Phi) is 8.55. The first-order valence-corrected chi connectivity index (χ1v) is 13.5. The van der Waals surface area contributed by atoms with E-state index in [0.29, 0.717) is 18.0 Å². The number of benzene rings is 4. The minimum atomic E-state index is -3.97. The number of hydrogen-bond acceptors (Lipinski definition) is 5. The van der Waals surface area contributed by atoms with Crippen molar-refractivity contribution in [3.05, 3.63) is 125 Å². The molecule has 0 aromatic heterocycles. The maximum Gasteiger partial charge on any atom is 0.264 e. The maximum atomic E-state index is 13.3. The van der Waals surface area contributed by atoms with Gasteiger partial charge in [-0.2, -0.15) is 5.10 Å². The number of nitrogens with zero attached hydrogens (tertiary/aromatic N) is 2. The van der Waals surface area contributed by atoms with E-state index in [4.69, 9.17) is 4.74 Å². The predicted octanol–water partition coefficient (Wildman–Crippen LogP) is 5.23. The number of carbonyl (C=O) groups excluding carboxylic acids is 1. The molecule has 8 heteroatoms. The Balaban J connectivity index is 1.38. The van der Waals surface area contributed by atoms with Gasteiger partial charge in [-0.05, 0) is 73.5 Å². The number of hydrogen-bond donors (Lipinski definition) is 1. The second-order valence-electron chi connectivity index (χ2n) is 8.80. The molecular weight excluding hydrogens is 498 g/mol. The number of amides is 1. The van der Waals surface area contributed by atoms with Crippen LogP contribution in [0.5, 0.6) is 5.75 Å². The summed E-state index contributed by atoms with van der Waals surface area (Å²) in [5.74, 6) is 0.144. The van der Waals surface area contributed by atoms with E-state index in [2.05, 4.69) is 10.5 Å². The van der Waals surface area contributed by atoms with Gasteiger partial charge in [0.15, 0.2) is 0 Å². The summed E-state index contributed by atoms with van der Waals surface area (Å²) in [6.45, 7) is 3.99. The Morgan fingerprint density at radius 1 is 0.842 bits per heavy atom. The van der Waals surface area contributed by atoms with Gasteiger partial charge in [-0.3, -0.25) is 9.10 Å². The lowest BCUT2D eigenvalue weighted by atomic mass is 10.2. The van der Waals surface area contributed by atoms with Crippen molar-refractivity contribution in [3.63, 3.8) is 0 Å². The smallest absolute Gasteiger partial charge is 0.264 e. The van der Waals surface area contributed by atoms with Gasteiger partial charge >= 0.3 is 0 Å². The van der Waals surface area contributed by atoms with Gasteiger partial charge in [0.05, 0.1) is 16.8 Å². The van der Waals surface area contributed by atoms with Gasteiger partial charge in [-0.1, -0.05) is 65.7 Å². The van der Waals surface area contributed by atoms with Crippen molar-refractivity contribution in [2.45, 2.75) is 25.3 Å². The van der Waals surface area contributed by atoms with Crippen molar-refractivity contribution in [3.8, 4) is 5.75 Å². The molecule has 1 amide bonds. The van der Waals surface area contributed by atoms with Gasteiger partial charge in [-0.25, -0.2) is 13.8 Å². The van der Waals surface area contributed by atoms with Crippen LogP contribution in [0.15, 0.2) is 113 Å². The van der Waals surface area contributed by atoms with Crippen LogP contribution in [0.25, 0.3) is 0 Å². The van der Waals surface area contributed by atoms with Crippen LogP contribution < -0.4 is 14.5 Å². The summed E-state index contributed by atoms with van der Waals surface area (Å²) in [7, 11) is -3.97. The van der Waals surface area contributed by atoms with E-state index in [1.54, 1.807) is 42.5 Å². The van der Waals surface area contributed by atoms with Gasteiger partial charge < -0.3 is 4.74 Å². The van der Waals surface area contributed by atoms with Crippen LogP contribution in [0.2, 0.25) is 0 Å². The molecule has 0 atom stereocenters. The first-order chi connectivity index (χ1) is 18.3. The minimum Gasteiger partial charge on any atom is -0.489 e. The first-order valence-electron chi connectivity index (χ1n) is 12.1. The second-order valence-corrected chi connectivity index (χ2v) is 10.7. The number of sulfonamides is 1. The van der Waals surface area contributed by atoms with Crippen molar-refractivity contribution in [1.82, 2.24) is 5.43 Å². The Bertz CT molecular complexity index is 1480. The third-order valence-corrected chi connectivity index (χ3v) is 7.54.